The summed E-state index contributed by atoms with van der Waals surface area (Å²) in [5, 5.41) is 11.6. The summed E-state index contributed by atoms with van der Waals surface area (Å²) in [5.74, 6) is -0.247. The Morgan fingerprint density at radius 2 is 2.31 bits per heavy atom. The molecule has 0 saturated carbocycles. The molecule has 0 spiro atoms. The fraction of sp³-hybridized carbons (Fsp3) is 0.250. The van der Waals surface area contributed by atoms with Gasteiger partial charge < -0.3 is 15.1 Å². The molecule has 5 amide bonds. The smallest absolute Gasteiger partial charge is 0.348 e. The van der Waals surface area contributed by atoms with Crippen LogP contribution < -0.4 is 10.6 Å². The van der Waals surface area contributed by atoms with Crippen LogP contribution in [-0.2, 0) is 9.59 Å². The summed E-state index contributed by atoms with van der Waals surface area (Å²) in [4.78, 5) is 52.3. The lowest BCUT2D eigenvalue weighted by atomic mass is 10.2. The van der Waals surface area contributed by atoms with Crippen LogP contribution in [0.5, 0.6) is 0 Å². The summed E-state index contributed by atoms with van der Waals surface area (Å²) in [6.45, 7) is 0.268. The highest BCUT2D eigenvalue weighted by atomic mass is 35.5. The number of thiazole rings is 1. The Hall–Kier alpha value is -3.25. The molecule has 1 saturated heterocycles. The maximum Gasteiger partial charge on any atom is 0.348 e. The van der Waals surface area contributed by atoms with Crippen molar-refractivity contribution in [2.75, 3.05) is 24.3 Å². The normalized spacial score (nSPS) is 15.0. The van der Waals surface area contributed by atoms with Gasteiger partial charge in [-0.25, -0.2) is 24.5 Å². The van der Waals surface area contributed by atoms with Crippen molar-refractivity contribution in [2.45, 2.75) is 6.04 Å². The first-order chi connectivity index (χ1) is 14.0. The van der Waals surface area contributed by atoms with Crippen LogP contribution in [0.25, 0.3) is 0 Å². The summed E-state index contributed by atoms with van der Waals surface area (Å²) in [5.41, 5.74) is 0.169. The van der Waals surface area contributed by atoms with E-state index in [2.05, 4.69) is 20.7 Å². The first-order valence-electron chi connectivity index (χ1n) is 8.17. The zero-order valence-corrected chi connectivity index (χ0v) is 16.3. The number of halogens is 1. The molecule has 1 atom stereocenters. The molecule has 0 aliphatic carbocycles. The molecule has 0 aromatic carbocycles. The number of hydrogen-bond donors (Lipinski definition) is 2. The van der Waals surface area contributed by atoms with Crippen molar-refractivity contribution in [3.05, 3.63) is 35.2 Å². The molecule has 11 nitrogen and oxygen atoms in total. The lowest BCUT2D eigenvalue weighted by molar-refractivity contribution is -0.113. The minimum absolute atomic E-state index is 0.0832. The zero-order chi connectivity index (χ0) is 20.8. The van der Waals surface area contributed by atoms with Crippen molar-refractivity contribution in [3.8, 4) is 0 Å². The Bertz CT molecular complexity index is 930. The molecule has 3 heterocycles. The average molecular weight is 438 g/mol. The summed E-state index contributed by atoms with van der Waals surface area (Å²) < 4.78 is 5.09. The minimum Gasteiger partial charge on any atom is -0.463 e. The van der Waals surface area contributed by atoms with Crippen LogP contribution in [0.4, 0.5) is 14.7 Å². The number of carbonyl (C=O) groups is 3. The molecule has 1 radical (unpaired) electrons. The number of amides is 5. The second-order valence-corrected chi connectivity index (χ2v) is 6.70. The van der Waals surface area contributed by atoms with Crippen LogP contribution in [0.15, 0.2) is 33.3 Å². The maximum atomic E-state index is 12.4. The molecule has 13 heteroatoms. The van der Waals surface area contributed by atoms with E-state index in [4.69, 9.17) is 16.0 Å². The molecule has 2 aromatic heterocycles. The van der Waals surface area contributed by atoms with Crippen molar-refractivity contribution < 1.29 is 23.6 Å². The van der Waals surface area contributed by atoms with E-state index in [-0.39, 0.29) is 29.8 Å². The fourth-order valence-electron chi connectivity index (χ4n) is 2.31. The SMILES string of the molecule is O=[C]C(NC(=O)N1CCN(N=Cc2ccco2)C1=O)c1csc(NC(=O)CCl)n1. The summed E-state index contributed by atoms with van der Waals surface area (Å²) in [6, 6.07) is 0.681. The molecule has 1 fully saturated rings. The molecule has 1 unspecified atom stereocenters. The lowest BCUT2D eigenvalue weighted by Gasteiger charge is -2.17. The molecule has 3 rings (SSSR count). The number of urea groups is 2. The topological polar surface area (TPSA) is 137 Å². The van der Waals surface area contributed by atoms with Crippen LogP contribution >= 0.6 is 22.9 Å². The van der Waals surface area contributed by atoms with E-state index in [1.807, 2.05) is 0 Å². The van der Waals surface area contributed by atoms with Crippen molar-refractivity contribution >= 4 is 58.5 Å². The first-order valence-corrected chi connectivity index (χ1v) is 9.59. The molecule has 2 aromatic rings. The van der Waals surface area contributed by atoms with E-state index < -0.39 is 24.0 Å². The first kappa shape index (κ1) is 20.5. The third-order valence-electron chi connectivity index (χ3n) is 3.67. The number of anilines is 1. The second-order valence-electron chi connectivity index (χ2n) is 5.58. The van der Waals surface area contributed by atoms with Gasteiger partial charge >= 0.3 is 12.1 Å². The minimum atomic E-state index is -1.21. The van der Waals surface area contributed by atoms with E-state index in [0.717, 1.165) is 21.2 Å². The quantitative estimate of drug-likeness (QED) is 0.498. The molecule has 0 bridgehead atoms. The van der Waals surface area contributed by atoms with Crippen molar-refractivity contribution in [1.82, 2.24) is 20.2 Å². The van der Waals surface area contributed by atoms with Crippen LogP contribution in [-0.4, -0.2) is 64.3 Å². The Morgan fingerprint density at radius 3 is 3.00 bits per heavy atom. The number of carbonyl (C=O) groups excluding carboxylic acids is 4. The van der Waals surface area contributed by atoms with Gasteiger partial charge in [0.1, 0.15) is 17.7 Å². The van der Waals surface area contributed by atoms with Gasteiger partial charge in [0.25, 0.3) is 0 Å². The molecular weight excluding hydrogens is 424 g/mol. The predicted octanol–water partition coefficient (Wildman–Crippen LogP) is 1.55. The highest BCUT2D eigenvalue weighted by Crippen LogP contribution is 2.20. The van der Waals surface area contributed by atoms with Crippen molar-refractivity contribution in [3.63, 3.8) is 0 Å². The number of imide groups is 1. The Kier molecular flexibility index (Phi) is 6.57. The third kappa shape index (κ3) is 4.97. The van der Waals surface area contributed by atoms with Gasteiger partial charge in [-0.05, 0) is 12.1 Å². The van der Waals surface area contributed by atoms with Crippen molar-refractivity contribution in [1.29, 1.82) is 0 Å². The van der Waals surface area contributed by atoms with E-state index >= 15 is 0 Å². The van der Waals surface area contributed by atoms with Crippen LogP contribution in [0.3, 0.4) is 0 Å². The predicted molar refractivity (Wildman–Crippen MR) is 104 cm³/mol. The standard InChI is InChI=1S/C16H14ClN6O5S/c17-6-13(25)21-14-19-12(9-29-14)11(8-24)20-15(26)22-3-4-23(16(22)27)18-7-10-2-1-5-28-10/h1-2,5,7,9,11H,3-4,6H2,(H,20,26)(H,19,21,25). The monoisotopic (exact) mass is 437 g/mol. The van der Waals surface area contributed by atoms with Gasteiger partial charge in [0.05, 0.1) is 31.3 Å². The average Bonchev–Trinajstić information content (AvgIpc) is 3.46. The van der Waals surface area contributed by atoms with Gasteiger partial charge in [0.15, 0.2) is 5.13 Å². The van der Waals surface area contributed by atoms with Gasteiger partial charge in [0, 0.05) is 5.38 Å². The number of hydrazone groups is 1. The van der Waals surface area contributed by atoms with E-state index in [1.165, 1.54) is 17.9 Å². The molecule has 151 valence electrons. The van der Waals surface area contributed by atoms with Crippen LogP contribution in [0, 0.1) is 0 Å². The van der Waals surface area contributed by atoms with E-state index in [1.54, 1.807) is 18.4 Å². The highest BCUT2D eigenvalue weighted by Gasteiger charge is 2.34. The van der Waals surface area contributed by atoms with Gasteiger partial charge in [-0.1, -0.05) is 0 Å². The number of nitrogens with one attached hydrogen (secondary N) is 2. The summed E-state index contributed by atoms with van der Waals surface area (Å²) in [6.07, 6.45) is 4.47. The van der Waals surface area contributed by atoms with Gasteiger partial charge in [-0.3, -0.25) is 9.59 Å². The number of furan rings is 1. The van der Waals surface area contributed by atoms with E-state index in [9.17, 15) is 19.2 Å². The molecule has 1 aliphatic heterocycles. The van der Waals surface area contributed by atoms with Crippen LogP contribution in [0.2, 0.25) is 0 Å². The Labute approximate surface area is 173 Å². The van der Waals surface area contributed by atoms with Gasteiger partial charge in [0.2, 0.25) is 12.2 Å². The largest absolute Gasteiger partial charge is 0.463 e. The zero-order valence-electron chi connectivity index (χ0n) is 14.7. The second kappa shape index (κ2) is 9.30. The number of aromatic nitrogens is 1. The van der Waals surface area contributed by atoms with Crippen LogP contribution in [0.1, 0.15) is 17.5 Å². The Morgan fingerprint density at radius 1 is 1.48 bits per heavy atom. The number of hydrogen-bond acceptors (Lipinski definition) is 8. The molecule has 1 aliphatic rings. The summed E-state index contributed by atoms with van der Waals surface area (Å²) >= 11 is 6.46. The maximum absolute atomic E-state index is 12.4. The van der Waals surface area contributed by atoms with Gasteiger partial charge in [-0.15, -0.1) is 22.9 Å². The van der Waals surface area contributed by atoms with Crippen molar-refractivity contribution in [2.24, 2.45) is 5.10 Å². The fourth-order valence-corrected chi connectivity index (χ4v) is 3.13. The number of nitrogens with zero attached hydrogens (tertiary/aromatic N) is 4. The highest BCUT2D eigenvalue weighted by molar-refractivity contribution is 7.14. The number of rotatable bonds is 7. The third-order valence-corrected chi connectivity index (χ3v) is 4.69. The Balaban J connectivity index is 1.60. The number of alkyl halides is 1. The molecule has 2 N–H and O–H groups in total. The van der Waals surface area contributed by atoms with Gasteiger partial charge in [-0.2, -0.15) is 5.10 Å². The summed E-state index contributed by atoms with van der Waals surface area (Å²) in [7, 11) is 0. The molecular formula is C16H14ClN6O5S. The van der Waals surface area contributed by atoms with E-state index in [0.29, 0.717) is 5.76 Å². The lowest BCUT2D eigenvalue weighted by Crippen LogP contribution is -2.43. The molecule has 29 heavy (non-hydrogen) atoms.